The standard InChI is InChI=1S/C9H7FN2O/c1-6-5-8(13-12-6)9-7(10)3-2-4-11-9/h2-5H,1H3. The van der Waals surface area contributed by atoms with Crippen LogP contribution < -0.4 is 0 Å². The Hall–Kier alpha value is -1.71. The van der Waals surface area contributed by atoms with Gasteiger partial charge in [0.05, 0.1) is 5.69 Å². The summed E-state index contributed by atoms with van der Waals surface area (Å²) in [7, 11) is 0. The molecule has 66 valence electrons. The first-order valence-electron chi connectivity index (χ1n) is 3.81. The van der Waals surface area contributed by atoms with Crippen molar-refractivity contribution in [1.29, 1.82) is 0 Å². The molecule has 0 unspecified atom stereocenters. The first-order valence-corrected chi connectivity index (χ1v) is 3.81. The largest absolute Gasteiger partial charge is 0.354 e. The maximum atomic E-state index is 13.1. The first-order chi connectivity index (χ1) is 6.27. The normalized spacial score (nSPS) is 10.3. The predicted octanol–water partition coefficient (Wildman–Crippen LogP) is 2.18. The van der Waals surface area contributed by atoms with Crippen molar-refractivity contribution in [3.63, 3.8) is 0 Å². The van der Waals surface area contributed by atoms with Crippen LogP contribution in [-0.4, -0.2) is 10.1 Å². The van der Waals surface area contributed by atoms with Gasteiger partial charge < -0.3 is 4.52 Å². The minimum atomic E-state index is -0.404. The molecule has 2 heterocycles. The highest BCUT2D eigenvalue weighted by atomic mass is 19.1. The lowest BCUT2D eigenvalue weighted by Crippen LogP contribution is -1.85. The molecule has 0 aromatic carbocycles. The number of rotatable bonds is 1. The van der Waals surface area contributed by atoms with Gasteiger partial charge in [0.1, 0.15) is 5.69 Å². The molecule has 3 nitrogen and oxygen atoms in total. The van der Waals surface area contributed by atoms with Crippen molar-refractivity contribution < 1.29 is 8.91 Å². The lowest BCUT2D eigenvalue weighted by Gasteiger charge is -1.94. The van der Waals surface area contributed by atoms with E-state index in [9.17, 15) is 4.39 Å². The fourth-order valence-corrected chi connectivity index (χ4v) is 1.04. The number of halogens is 1. The van der Waals surface area contributed by atoms with Crippen LogP contribution >= 0.6 is 0 Å². The van der Waals surface area contributed by atoms with E-state index < -0.39 is 5.82 Å². The summed E-state index contributed by atoms with van der Waals surface area (Å²) >= 11 is 0. The third-order valence-electron chi connectivity index (χ3n) is 1.62. The Morgan fingerprint density at radius 2 is 2.31 bits per heavy atom. The first kappa shape index (κ1) is 7.91. The van der Waals surface area contributed by atoms with Gasteiger partial charge >= 0.3 is 0 Å². The number of aryl methyl sites for hydroxylation is 1. The van der Waals surface area contributed by atoms with E-state index in [4.69, 9.17) is 4.52 Å². The maximum Gasteiger partial charge on any atom is 0.188 e. The highest BCUT2D eigenvalue weighted by Crippen LogP contribution is 2.19. The van der Waals surface area contributed by atoms with Crippen molar-refractivity contribution in [2.24, 2.45) is 0 Å². The summed E-state index contributed by atoms with van der Waals surface area (Å²) in [6.45, 7) is 1.77. The van der Waals surface area contributed by atoms with Crippen LogP contribution in [0.5, 0.6) is 0 Å². The van der Waals surface area contributed by atoms with Crippen LogP contribution in [0.4, 0.5) is 4.39 Å². The minimum Gasteiger partial charge on any atom is -0.354 e. The molecule has 13 heavy (non-hydrogen) atoms. The van der Waals surface area contributed by atoms with Gasteiger partial charge in [0.15, 0.2) is 11.6 Å². The molecule has 0 spiro atoms. The van der Waals surface area contributed by atoms with Crippen LogP contribution in [0.15, 0.2) is 28.9 Å². The molecule has 0 saturated carbocycles. The number of pyridine rings is 1. The van der Waals surface area contributed by atoms with E-state index in [0.717, 1.165) is 0 Å². The Kier molecular flexibility index (Phi) is 1.81. The summed E-state index contributed by atoms with van der Waals surface area (Å²) in [5.74, 6) is -0.0470. The Morgan fingerprint density at radius 1 is 1.46 bits per heavy atom. The molecule has 0 radical (unpaired) electrons. The molecule has 2 rings (SSSR count). The zero-order valence-electron chi connectivity index (χ0n) is 6.99. The fraction of sp³-hybridized carbons (Fsp3) is 0.111. The fourth-order valence-electron chi connectivity index (χ4n) is 1.04. The molecule has 2 aromatic rings. The molecule has 2 aromatic heterocycles. The van der Waals surface area contributed by atoms with E-state index >= 15 is 0 Å². The molecule has 0 fully saturated rings. The number of hydrogen-bond donors (Lipinski definition) is 0. The summed E-state index contributed by atoms with van der Waals surface area (Å²) < 4.78 is 18.0. The summed E-state index contributed by atoms with van der Waals surface area (Å²) in [5, 5.41) is 3.65. The Morgan fingerprint density at radius 3 is 2.92 bits per heavy atom. The number of nitrogens with zero attached hydrogens (tertiary/aromatic N) is 2. The average Bonchev–Trinajstić information content (AvgIpc) is 2.53. The zero-order chi connectivity index (χ0) is 9.26. The van der Waals surface area contributed by atoms with Crippen LogP contribution in [0.2, 0.25) is 0 Å². The van der Waals surface area contributed by atoms with Crippen molar-refractivity contribution in [2.45, 2.75) is 6.92 Å². The van der Waals surface area contributed by atoms with E-state index in [1.54, 1.807) is 13.0 Å². The average molecular weight is 178 g/mol. The quantitative estimate of drug-likeness (QED) is 0.671. The minimum absolute atomic E-state index is 0.197. The lowest BCUT2D eigenvalue weighted by atomic mass is 10.2. The molecule has 0 aliphatic heterocycles. The second-order valence-corrected chi connectivity index (χ2v) is 2.67. The molecular weight excluding hydrogens is 171 g/mol. The third kappa shape index (κ3) is 1.42. The second-order valence-electron chi connectivity index (χ2n) is 2.67. The molecule has 4 heteroatoms. The molecule has 0 N–H and O–H groups in total. The van der Waals surface area contributed by atoms with Gasteiger partial charge in [-0.2, -0.15) is 0 Å². The Labute approximate surface area is 74.2 Å². The third-order valence-corrected chi connectivity index (χ3v) is 1.62. The molecule has 0 aliphatic rings. The highest BCUT2D eigenvalue weighted by Gasteiger charge is 2.09. The maximum absolute atomic E-state index is 13.1. The number of aromatic nitrogens is 2. The van der Waals surface area contributed by atoms with Crippen molar-refractivity contribution in [3.8, 4) is 11.5 Å². The van der Waals surface area contributed by atoms with E-state index in [1.807, 2.05) is 0 Å². The topological polar surface area (TPSA) is 38.9 Å². The monoisotopic (exact) mass is 178 g/mol. The summed E-state index contributed by atoms with van der Waals surface area (Å²) in [4.78, 5) is 3.85. The Bertz CT molecular complexity index is 425. The summed E-state index contributed by atoms with van der Waals surface area (Å²) in [5.41, 5.74) is 0.906. The highest BCUT2D eigenvalue weighted by molar-refractivity contribution is 5.52. The SMILES string of the molecule is Cc1cc(-c2ncccc2F)on1. The second kappa shape index (κ2) is 2.97. The number of hydrogen-bond acceptors (Lipinski definition) is 3. The van der Waals surface area contributed by atoms with Gasteiger partial charge in [-0.3, -0.25) is 0 Å². The van der Waals surface area contributed by atoms with Crippen LogP contribution in [0.3, 0.4) is 0 Å². The van der Waals surface area contributed by atoms with E-state index in [-0.39, 0.29) is 5.69 Å². The van der Waals surface area contributed by atoms with Crippen LogP contribution in [-0.2, 0) is 0 Å². The van der Waals surface area contributed by atoms with E-state index in [1.165, 1.54) is 18.3 Å². The molecule has 0 amide bonds. The van der Waals surface area contributed by atoms with Crippen LogP contribution in [0.1, 0.15) is 5.69 Å². The van der Waals surface area contributed by atoms with E-state index in [2.05, 4.69) is 10.1 Å². The molecular formula is C9H7FN2O. The van der Waals surface area contributed by atoms with Crippen molar-refractivity contribution >= 4 is 0 Å². The smallest absolute Gasteiger partial charge is 0.188 e. The molecule has 0 saturated heterocycles. The van der Waals surface area contributed by atoms with Crippen LogP contribution in [0.25, 0.3) is 11.5 Å². The summed E-state index contributed by atoms with van der Waals surface area (Å²) in [6.07, 6.45) is 1.51. The van der Waals surface area contributed by atoms with Crippen molar-refractivity contribution in [3.05, 3.63) is 35.9 Å². The van der Waals surface area contributed by atoms with Crippen molar-refractivity contribution in [2.75, 3.05) is 0 Å². The predicted molar refractivity (Wildman–Crippen MR) is 44.4 cm³/mol. The van der Waals surface area contributed by atoms with Gasteiger partial charge in [-0.05, 0) is 19.1 Å². The van der Waals surface area contributed by atoms with Crippen molar-refractivity contribution in [1.82, 2.24) is 10.1 Å². The molecule has 0 aliphatic carbocycles. The zero-order valence-corrected chi connectivity index (χ0v) is 6.99. The van der Waals surface area contributed by atoms with Gasteiger partial charge in [0.25, 0.3) is 0 Å². The molecule has 0 bridgehead atoms. The van der Waals surface area contributed by atoms with Gasteiger partial charge in [0, 0.05) is 12.3 Å². The van der Waals surface area contributed by atoms with E-state index in [0.29, 0.717) is 11.5 Å². The van der Waals surface area contributed by atoms with Gasteiger partial charge in [-0.1, -0.05) is 5.16 Å². The lowest BCUT2D eigenvalue weighted by molar-refractivity contribution is 0.423. The van der Waals surface area contributed by atoms with Crippen LogP contribution in [0, 0.1) is 12.7 Å². The Balaban J connectivity index is 2.52. The van der Waals surface area contributed by atoms with Gasteiger partial charge in [-0.15, -0.1) is 0 Å². The van der Waals surface area contributed by atoms with Gasteiger partial charge in [-0.25, -0.2) is 9.37 Å². The summed E-state index contributed by atoms with van der Waals surface area (Å²) in [6, 6.07) is 4.51. The van der Waals surface area contributed by atoms with Gasteiger partial charge in [0.2, 0.25) is 0 Å². The molecule has 0 atom stereocenters.